The fraction of sp³-hybridized carbons (Fsp3) is 0.333. The summed E-state index contributed by atoms with van der Waals surface area (Å²) in [5.74, 6) is 0. The summed E-state index contributed by atoms with van der Waals surface area (Å²) in [4.78, 5) is 0. The maximum absolute atomic E-state index is 9.14. The number of halogens is 2. The van der Waals surface area contributed by atoms with E-state index in [9.17, 15) is 0 Å². The van der Waals surface area contributed by atoms with Gasteiger partial charge in [0.15, 0.2) is 0 Å². The Hall–Kier alpha value is -0.240. The van der Waals surface area contributed by atoms with Crippen molar-refractivity contribution in [3.63, 3.8) is 0 Å². The number of benzene rings is 1. The van der Waals surface area contributed by atoms with Gasteiger partial charge in [-0.15, -0.1) is 0 Å². The molecule has 3 heteroatoms. The van der Waals surface area contributed by atoms with E-state index in [1.54, 1.807) is 25.1 Å². The van der Waals surface area contributed by atoms with Crippen molar-refractivity contribution in [3.8, 4) is 0 Å². The fourth-order valence-corrected chi connectivity index (χ4v) is 1.57. The molecule has 12 heavy (non-hydrogen) atoms. The number of rotatable bonds is 2. The van der Waals surface area contributed by atoms with Crippen molar-refractivity contribution in [3.05, 3.63) is 33.8 Å². The van der Waals surface area contributed by atoms with Crippen LogP contribution in [0.3, 0.4) is 0 Å². The number of hydrogen-bond donors (Lipinski definition) is 1. The van der Waals surface area contributed by atoms with E-state index in [1.165, 1.54) is 0 Å². The highest BCUT2D eigenvalue weighted by Gasteiger charge is 2.07. The first-order valence-electron chi connectivity index (χ1n) is 3.72. The second-order valence-corrected chi connectivity index (χ2v) is 3.57. The standard InChI is InChI=1S/C9H10Cl2O/c1-6(12)5-7-8(10)3-2-4-9(7)11/h2-4,6,12H,5H2,1H3/t6-/m1/s1. The molecule has 0 aliphatic heterocycles. The Balaban J connectivity index is 2.96. The van der Waals surface area contributed by atoms with E-state index in [0.29, 0.717) is 16.5 Å². The van der Waals surface area contributed by atoms with Gasteiger partial charge in [-0.2, -0.15) is 0 Å². The van der Waals surface area contributed by atoms with Crippen LogP contribution in [0.15, 0.2) is 18.2 Å². The Morgan fingerprint density at radius 1 is 1.33 bits per heavy atom. The molecule has 0 saturated carbocycles. The van der Waals surface area contributed by atoms with Gasteiger partial charge >= 0.3 is 0 Å². The molecule has 0 bridgehead atoms. The first kappa shape index (κ1) is 9.85. The molecule has 1 rings (SSSR count). The molecule has 0 aliphatic carbocycles. The number of aliphatic hydroxyl groups excluding tert-OH is 1. The number of aliphatic hydroxyl groups is 1. The van der Waals surface area contributed by atoms with Gasteiger partial charge in [0.2, 0.25) is 0 Å². The van der Waals surface area contributed by atoms with E-state index in [0.717, 1.165) is 5.56 Å². The monoisotopic (exact) mass is 204 g/mol. The predicted molar refractivity (Wildman–Crippen MR) is 51.8 cm³/mol. The molecule has 1 atom stereocenters. The zero-order valence-electron chi connectivity index (χ0n) is 6.72. The molecular weight excluding hydrogens is 195 g/mol. The molecule has 0 aliphatic rings. The van der Waals surface area contributed by atoms with Gasteiger partial charge in [-0.1, -0.05) is 29.3 Å². The van der Waals surface area contributed by atoms with Crippen LogP contribution in [0.5, 0.6) is 0 Å². The lowest BCUT2D eigenvalue weighted by Gasteiger charge is -2.07. The molecule has 0 spiro atoms. The Morgan fingerprint density at radius 2 is 1.83 bits per heavy atom. The molecule has 0 heterocycles. The van der Waals surface area contributed by atoms with Crippen LogP contribution in [-0.2, 0) is 6.42 Å². The molecule has 0 aromatic heterocycles. The first-order chi connectivity index (χ1) is 5.61. The molecule has 66 valence electrons. The van der Waals surface area contributed by atoms with E-state index in [4.69, 9.17) is 28.3 Å². The molecule has 1 aromatic carbocycles. The molecule has 0 saturated heterocycles. The van der Waals surface area contributed by atoms with Crippen LogP contribution < -0.4 is 0 Å². The van der Waals surface area contributed by atoms with Crippen LogP contribution >= 0.6 is 23.2 Å². The second kappa shape index (κ2) is 4.13. The van der Waals surface area contributed by atoms with Gasteiger partial charge in [-0.25, -0.2) is 0 Å². The average molecular weight is 205 g/mol. The Labute approximate surface area is 81.9 Å². The van der Waals surface area contributed by atoms with Crippen molar-refractivity contribution in [2.24, 2.45) is 0 Å². The van der Waals surface area contributed by atoms with Gasteiger partial charge in [0.25, 0.3) is 0 Å². The quantitative estimate of drug-likeness (QED) is 0.786. The Kier molecular flexibility index (Phi) is 3.39. The number of hydrogen-bond acceptors (Lipinski definition) is 1. The van der Waals surface area contributed by atoms with Gasteiger partial charge in [0.05, 0.1) is 6.10 Å². The van der Waals surface area contributed by atoms with Crippen LogP contribution in [-0.4, -0.2) is 11.2 Å². The summed E-state index contributed by atoms with van der Waals surface area (Å²) >= 11 is 11.8. The van der Waals surface area contributed by atoms with Crippen molar-refractivity contribution in [1.82, 2.24) is 0 Å². The fourth-order valence-electron chi connectivity index (χ4n) is 1.02. The third-order valence-corrected chi connectivity index (χ3v) is 2.27. The van der Waals surface area contributed by atoms with Crippen molar-refractivity contribution >= 4 is 23.2 Å². The Morgan fingerprint density at radius 3 is 2.25 bits per heavy atom. The van der Waals surface area contributed by atoms with Gasteiger partial charge < -0.3 is 5.11 Å². The largest absolute Gasteiger partial charge is 0.393 e. The van der Waals surface area contributed by atoms with Crippen LogP contribution in [0.4, 0.5) is 0 Å². The minimum atomic E-state index is -0.414. The van der Waals surface area contributed by atoms with E-state index in [2.05, 4.69) is 0 Å². The zero-order chi connectivity index (χ0) is 9.14. The zero-order valence-corrected chi connectivity index (χ0v) is 8.23. The molecule has 1 aromatic rings. The minimum Gasteiger partial charge on any atom is -0.393 e. The second-order valence-electron chi connectivity index (χ2n) is 2.75. The highest BCUT2D eigenvalue weighted by molar-refractivity contribution is 6.35. The van der Waals surface area contributed by atoms with Crippen LogP contribution in [0.1, 0.15) is 12.5 Å². The van der Waals surface area contributed by atoms with Gasteiger partial charge in [-0.3, -0.25) is 0 Å². The summed E-state index contributed by atoms with van der Waals surface area (Å²) in [7, 11) is 0. The van der Waals surface area contributed by atoms with Gasteiger partial charge in [0, 0.05) is 16.5 Å². The average Bonchev–Trinajstić information content (AvgIpc) is 1.97. The summed E-state index contributed by atoms with van der Waals surface area (Å²) in [6.07, 6.45) is 0.0841. The maximum atomic E-state index is 9.14. The highest BCUT2D eigenvalue weighted by atomic mass is 35.5. The van der Waals surface area contributed by atoms with Crippen LogP contribution in [0, 0.1) is 0 Å². The molecule has 0 unspecified atom stereocenters. The minimum absolute atomic E-state index is 0.414. The highest BCUT2D eigenvalue weighted by Crippen LogP contribution is 2.25. The van der Waals surface area contributed by atoms with Crippen molar-refractivity contribution in [1.29, 1.82) is 0 Å². The topological polar surface area (TPSA) is 20.2 Å². The molecule has 1 N–H and O–H groups in total. The lowest BCUT2D eigenvalue weighted by molar-refractivity contribution is 0.195. The third-order valence-electron chi connectivity index (χ3n) is 1.56. The van der Waals surface area contributed by atoms with Crippen LogP contribution in [0.25, 0.3) is 0 Å². The van der Waals surface area contributed by atoms with Gasteiger partial charge in [0.1, 0.15) is 0 Å². The smallest absolute Gasteiger partial charge is 0.0553 e. The summed E-state index contributed by atoms with van der Waals surface area (Å²) in [5.41, 5.74) is 0.816. The molecular formula is C9H10Cl2O. The normalized spacial score (nSPS) is 13.0. The van der Waals surface area contributed by atoms with Crippen LogP contribution in [0.2, 0.25) is 10.0 Å². The van der Waals surface area contributed by atoms with Gasteiger partial charge in [-0.05, 0) is 24.6 Å². The van der Waals surface area contributed by atoms with Crippen molar-refractivity contribution < 1.29 is 5.11 Å². The van der Waals surface area contributed by atoms with E-state index < -0.39 is 6.10 Å². The van der Waals surface area contributed by atoms with E-state index in [1.807, 2.05) is 0 Å². The Bertz CT molecular complexity index is 251. The van der Waals surface area contributed by atoms with E-state index >= 15 is 0 Å². The molecule has 1 nitrogen and oxygen atoms in total. The summed E-state index contributed by atoms with van der Waals surface area (Å²) in [6.45, 7) is 1.71. The SMILES string of the molecule is C[C@@H](O)Cc1c(Cl)cccc1Cl. The molecule has 0 fully saturated rings. The summed E-state index contributed by atoms with van der Waals surface area (Å²) < 4.78 is 0. The lowest BCUT2D eigenvalue weighted by Crippen LogP contribution is -2.05. The van der Waals surface area contributed by atoms with Crippen molar-refractivity contribution in [2.75, 3.05) is 0 Å². The maximum Gasteiger partial charge on any atom is 0.0553 e. The molecule has 0 amide bonds. The first-order valence-corrected chi connectivity index (χ1v) is 4.48. The lowest BCUT2D eigenvalue weighted by atomic mass is 10.1. The predicted octanol–water partition coefficient (Wildman–Crippen LogP) is 2.92. The van der Waals surface area contributed by atoms with Crippen molar-refractivity contribution in [2.45, 2.75) is 19.4 Å². The summed E-state index contributed by atoms with van der Waals surface area (Å²) in [6, 6.07) is 5.33. The third kappa shape index (κ3) is 2.37. The van der Waals surface area contributed by atoms with E-state index in [-0.39, 0.29) is 0 Å². The summed E-state index contributed by atoms with van der Waals surface area (Å²) in [5, 5.41) is 10.4. The molecule has 0 radical (unpaired) electrons.